The van der Waals surface area contributed by atoms with Crippen molar-refractivity contribution in [3.05, 3.63) is 30.3 Å². The summed E-state index contributed by atoms with van der Waals surface area (Å²) in [6.07, 6.45) is -2.33. The smallest absolute Gasteiger partial charge is 0.196 e. The quantitative estimate of drug-likeness (QED) is 0.558. The number of methoxy groups -OCH3 is 1. The van der Waals surface area contributed by atoms with Gasteiger partial charge in [-0.3, -0.25) is 4.79 Å². The first kappa shape index (κ1) is 18.3. The van der Waals surface area contributed by atoms with E-state index < -0.39 is 29.3 Å². The lowest BCUT2D eigenvalue weighted by atomic mass is 9.68. The molecule has 0 N–H and O–H groups in total. The van der Waals surface area contributed by atoms with Crippen LogP contribution in [0.25, 0.3) is 0 Å². The summed E-state index contributed by atoms with van der Waals surface area (Å²) in [6, 6.07) is 9.47. The number of hydrogen-bond donors (Lipinski definition) is 0. The van der Waals surface area contributed by atoms with Crippen LogP contribution >= 0.6 is 0 Å². The third-order valence-corrected chi connectivity index (χ3v) is 5.07. The van der Waals surface area contributed by atoms with Crippen molar-refractivity contribution < 1.29 is 28.1 Å². The van der Waals surface area contributed by atoms with Crippen LogP contribution in [-0.4, -0.2) is 56.2 Å². The predicted molar refractivity (Wildman–Crippen MR) is 89.5 cm³/mol. The molecule has 5 nitrogen and oxygen atoms in total. The number of halogens is 1. The number of rotatable bonds is 7. The second kappa shape index (κ2) is 7.02. The molecule has 1 heterocycles. The van der Waals surface area contributed by atoms with Crippen molar-refractivity contribution in [1.82, 2.24) is 0 Å². The lowest BCUT2D eigenvalue weighted by molar-refractivity contribution is -0.172. The highest BCUT2D eigenvalue weighted by molar-refractivity contribution is 5.89. The van der Waals surface area contributed by atoms with Gasteiger partial charge in [-0.25, -0.2) is 4.39 Å². The van der Waals surface area contributed by atoms with Crippen LogP contribution in [0.1, 0.15) is 20.3 Å². The molecule has 2 fully saturated rings. The first-order valence-corrected chi connectivity index (χ1v) is 8.56. The van der Waals surface area contributed by atoms with E-state index in [4.69, 9.17) is 18.9 Å². The van der Waals surface area contributed by atoms with E-state index in [9.17, 15) is 9.18 Å². The molecule has 0 bridgehead atoms. The summed E-state index contributed by atoms with van der Waals surface area (Å²) in [7, 11) is 1.43. The molecule has 0 aromatic heterocycles. The van der Waals surface area contributed by atoms with E-state index in [2.05, 4.69) is 0 Å². The highest BCUT2D eigenvalue weighted by Crippen LogP contribution is 2.51. The summed E-state index contributed by atoms with van der Waals surface area (Å²) < 4.78 is 36.6. The number of ether oxygens (including phenoxy) is 4. The number of hydrogen-bond acceptors (Lipinski definition) is 5. The fourth-order valence-corrected chi connectivity index (χ4v) is 3.86. The molecule has 138 valence electrons. The topological polar surface area (TPSA) is 57.3 Å². The third-order valence-electron chi connectivity index (χ3n) is 5.07. The number of para-hydroxylation sites is 1. The zero-order chi connectivity index (χ0) is 18.1. The van der Waals surface area contributed by atoms with Gasteiger partial charge < -0.3 is 18.9 Å². The summed E-state index contributed by atoms with van der Waals surface area (Å²) in [5.41, 5.74) is -1.38. The first-order chi connectivity index (χ1) is 11.9. The molecule has 1 aromatic rings. The van der Waals surface area contributed by atoms with Crippen LogP contribution in [0.4, 0.5) is 4.39 Å². The van der Waals surface area contributed by atoms with E-state index in [0.29, 0.717) is 19.8 Å². The summed E-state index contributed by atoms with van der Waals surface area (Å²) in [5, 5.41) is 0. The second-order valence-corrected chi connectivity index (χ2v) is 7.17. The Morgan fingerprint density at radius 2 is 1.96 bits per heavy atom. The number of alkyl halides is 1. The minimum absolute atomic E-state index is 0.0731. The Morgan fingerprint density at radius 1 is 1.28 bits per heavy atom. The van der Waals surface area contributed by atoms with E-state index in [1.807, 2.05) is 44.2 Å². The molecule has 1 aliphatic carbocycles. The average molecular weight is 352 g/mol. The first-order valence-electron chi connectivity index (χ1n) is 8.56. The van der Waals surface area contributed by atoms with Crippen LogP contribution in [0.15, 0.2) is 30.3 Å². The van der Waals surface area contributed by atoms with Crippen LogP contribution in [-0.2, 0) is 19.0 Å². The Hall–Kier alpha value is -1.50. The lowest BCUT2D eigenvalue weighted by Crippen LogP contribution is -2.59. The van der Waals surface area contributed by atoms with Gasteiger partial charge in [-0.15, -0.1) is 0 Å². The molecule has 25 heavy (non-hydrogen) atoms. The number of epoxide rings is 1. The van der Waals surface area contributed by atoms with Crippen LogP contribution in [0, 0.1) is 5.92 Å². The molecule has 3 rings (SSSR count). The van der Waals surface area contributed by atoms with Crippen molar-refractivity contribution in [3.63, 3.8) is 0 Å². The standard InChI is InChI=1S/C19H25FO5/c1-18(2,24-10-9-23-13-7-5-4-6-8-13)17-16(22-3)15(21)14(20)11-19(17)12-25-19/h4-8,14,16-17H,9-12H2,1-3H3/t14?,16-,17-,19+/m1/s1. The van der Waals surface area contributed by atoms with Crippen molar-refractivity contribution in [3.8, 4) is 5.75 Å². The average Bonchev–Trinajstić information content (AvgIpc) is 3.35. The van der Waals surface area contributed by atoms with Gasteiger partial charge in [0, 0.05) is 13.5 Å². The van der Waals surface area contributed by atoms with Crippen LogP contribution in [0.2, 0.25) is 0 Å². The monoisotopic (exact) mass is 352 g/mol. The molecule has 4 atom stereocenters. The van der Waals surface area contributed by atoms with Gasteiger partial charge in [0.1, 0.15) is 24.1 Å². The normalized spacial score (nSPS) is 32.0. The maximum Gasteiger partial charge on any atom is 0.196 e. The Morgan fingerprint density at radius 3 is 2.56 bits per heavy atom. The van der Waals surface area contributed by atoms with Gasteiger partial charge in [0.05, 0.1) is 24.7 Å². The maximum absolute atomic E-state index is 14.0. The fourth-order valence-electron chi connectivity index (χ4n) is 3.86. The second-order valence-electron chi connectivity index (χ2n) is 7.17. The van der Waals surface area contributed by atoms with Crippen molar-refractivity contribution in [1.29, 1.82) is 0 Å². The van der Waals surface area contributed by atoms with Crippen molar-refractivity contribution >= 4 is 5.78 Å². The number of benzene rings is 1. The molecule has 0 amide bonds. The Labute approximate surface area is 147 Å². The van der Waals surface area contributed by atoms with Crippen LogP contribution < -0.4 is 4.74 Å². The number of carbonyl (C=O) groups is 1. The number of carbonyl (C=O) groups excluding carboxylic acids is 1. The van der Waals surface area contributed by atoms with Crippen molar-refractivity contribution in [2.24, 2.45) is 5.92 Å². The summed E-state index contributed by atoms with van der Waals surface area (Å²) >= 11 is 0. The SMILES string of the molecule is CO[C@@H]1C(=O)C(F)C[C@]2(CO2)[C@H]1C(C)(C)OCCOc1ccccc1. The van der Waals surface area contributed by atoms with Crippen LogP contribution in [0.5, 0.6) is 5.75 Å². The van der Waals surface area contributed by atoms with E-state index in [-0.39, 0.29) is 12.3 Å². The summed E-state index contributed by atoms with van der Waals surface area (Å²) in [5.74, 6) is -0.110. The highest BCUT2D eigenvalue weighted by atomic mass is 19.1. The Bertz CT molecular complexity index is 599. The number of Topliss-reactive ketones (excluding diaryl/α,β-unsaturated/α-hetero) is 1. The number of ketones is 1. The zero-order valence-electron chi connectivity index (χ0n) is 14.9. The molecular formula is C19H25FO5. The van der Waals surface area contributed by atoms with E-state index in [1.54, 1.807) is 0 Å². The Kier molecular flexibility index (Phi) is 5.14. The fraction of sp³-hybridized carbons (Fsp3) is 0.632. The minimum Gasteiger partial charge on any atom is -0.491 e. The molecule has 1 saturated carbocycles. The molecule has 0 radical (unpaired) electrons. The van der Waals surface area contributed by atoms with Gasteiger partial charge >= 0.3 is 0 Å². The highest BCUT2D eigenvalue weighted by Gasteiger charge is 2.66. The maximum atomic E-state index is 14.0. The molecule has 1 spiro atoms. The summed E-state index contributed by atoms with van der Waals surface area (Å²) in [4.78, 5) is 12.2. The predicted octanol–water partition coefficient (Wildman–Crippen LogP) is 2.57. The van der Waals surface area contributed by atoms with Gasteiger partial charge in [-0.2, -0.15) is 0 Å². The molecule has 1 unspecified atom stereocenters. The molecule has 1 aliphatic heterocycles. The van der Waals surface area contributed by atoms with E-state index >= 15 is 0 Å². The van der Waals surface area contributed by atoms with Gasteiger partial charge in [0.25, 0.3) is 0 Å². The van der Waals surface area contributed by atoms with E-state index in [1.165, 1.54) is 7.11 Å². The Balaban J connectivity index is 1.62. The largest absolute Gasteiger partial charge is 0.491 e. The van der Waals surface area contributed by atoms with Gasteiger partial charge in [0.2, 0.25) is 0 Å². The third kappa shape index (κ3) is 3.71. The zero-order valence-corrected chi connectivity index (χ0v) is 14.9. The van der Waals surface area contributed by atoms with Gasteiger partial charge in [0.15, 0.2) is 12.0 Å². The summed E-state index contributed by atoms with van der Waals surface area (Å²) in [6.45, 7) is 4.94. The van der Waals surface area contributed by atoms with Crippen molar-refractivity contribution in [2.75, 3.05) is 26.9 Å². The van der Waals surface area contributed by atoms with Crippen molar-refractivity contribution in [2.45, 2.75) is 43.7 Å². The molecule has 1 saturated heterocycles. The van der Waals surface area contributed by atoms with Gasteiger partial charge in [-0.05, 0) is 26.0 Å². The molecule has 1 aromatic carbocycles. The van der Waals surface area contributed by atoms with Crippen LogP contribution in [0.3, 0.4) is 0 Å². The molecule has 6 heteroatoms. The van der Waals surface area contributed by atoms with E-state index in [0.717, 1.165) is 5.75 Å². The van der Waals surface area contributed by atoms with Gasteiger partial charge in [-0.1, -0.05) is 18.2 Å². The molecule has 2 aliphatic rings. The minimum atomic E-state index is -1.54. The molecular weight excluding hydrogens is 327 g/mol. The lowest BCUT2D eigenvalue weighted by Gasteiger charge is -2.44.